The molecule has 1 aliphatic carbocycles. The Morgan fingerprint density at radius 1 is 1.27 bits per heavy atom. The van der Waals surface area contributed by atoms with Gasteiger partial charge in [-0.05, 0) is 24.8 Å². The second-order valence-electron chi connectivity index (χ2n) is 6.29. The number of likely N-dealkylation sites (tertiary alicyclic amines) is 1. The standard InChI is InChI=1S/C17H21NO4/c19-15(17(7-8-17)16(20)21)18-9-6-14(10-18)12-22-11-13-4-2-1-3-5-13/h1-5,14H,6-12H2,(H,20,21). The molecule has 1 N–H and O–H groups in total. The number of ether oxygens (including phenoxy) is 1. The predicted octanol–water partition coefficient (Wildman–Crippen LogP) is 1.92. The van der Waals surface area contributed by atoms with Crippen molar-refractivity contribution in [1.82, 2.24) is 4.90 Å². The Hall–Kier alpha value is -1.88. The zero-order valence-electron chi connectivity index (χ0n) is 12.5. The smallest absolute Gasteiger partial charge is 0.319 e. The second kappa shape index (κ2) is 6.08. The Balaban J connectivity index is 1.45. The van der Waals surface area contributed by atoms with Gasteiger partial charge in [-0.3, -0.25) is 9.59 Å². The van der Waals surface area contributed by atoms with E-state index in [0.29, 0.717) is 45.1 Å². The number of amides is 1. The van der Waals surface area contributed by atoms with Crippen molar-refractivity contribution in [2.24, 2.45) is 11.3 Å². The molecular formula is C17H21NO4. The zero-order valence-corrected chi connectivity index (χ0v) is 12.5. The lowest BCUT2D eigenvalue weighted by Crippen LogP contribution is -2.39. The van der Waals surface area contributed by atoms with Crippen LogP contribution in [0.4, 0.5) is 0 Å². The highest BCUT2D eigenvalue weighted by Crippen LogP contribution is 2.48. The summed E-state index contributed by atoms with van der Waals surface area (Å²) in [5.74, 6) is -0.871. The maximum absolute atomic E-state index is 12.3. The first-order chi connectivity index (χ1) is 10.6. The fraction of sp³-hybridized carbons (Fsp3) is 0.529. The summed E-state index contributed by atoms with van der Waals surface area (Å²) in [5, 5.41) is 9.20. The number of carbonyl (C=O) groups is 2. The van der Waals surface area contributed by atoms with E-state index in [1.54, 1.807) is 4.90 Å². The van der Waals surface area contributed by atoms with Crippen LogP contribution < -0.4 is 0 Å². The molecule has 1 aromatic carbocycles. The number of carboxylic acid groups (broad SMARTS) is 1. The van der Waals surface area contributed by atoms with E-state index in [0.717, 1.165) is 12.0 Å². The molecule has 1 saturated carbocycles. The number of hydrogen-bond donors (Lipinski definition) is 1. The van der Waals surface area contributed by atoms with Gasteiger partial charge in [0.1, 0.15) is 5.41 Å². The lowest BCUT2D eigenvalue weighted by Gasteiger charge is -2.20. The van der Waals surface area contributed by atoms with Crippen molar-refractivity contribution in [3.63, 3.8) is 0 Å². The normalized spacial score (nSPS) is 22.5. The Kier molecular flexibility index (Phi) is 4.16. The molecule has 1 aliphatic heterocycles. The summed E-state index contributed by atoms with van der Waals surface area (Å²) in [6, 6.07) is 9.98. The van der Waals surface area contributed by atoms with Gasteiger partial charge < -0.3 is 14.7 Å². The molecule has 1 amide bonds. The maximum Gasteiger partial charge on any atom is 0.319 e. The summed E-state index contributed by atoms with van der Waals surface area (Å²) in [7, 11) is 0. The third-order valence-electron chi connectivity index (χ3n) is 4.61. The number of hydrogen-bond acceptors (Lipinski definition) is 3. The number of carboxylic acids is 1. The maximum atomic E-state index is 12.3. The summed E-state index contributed by atoms with van der Waals surface area (Å²) in [6.45, 7) is 2.44. The van der Waals surface area contributed by atoms with Gasteiger partial charge in [-0.15, -0.1) is 0 Å². The van der Waals surface area contributed by atoms with Crippen LogP contribution in [-0.4, -0.2) is 41.6 Å². The van der Waals surface area contributed by atoms with Crippen LogP contribution in [0.3, 0.4) is 0 Å². The number of nitrogens with zero attached hydrogens (tertiary/aromatic N) is 1. The van der Waals surface area contributed by atoms with Gasteiger partial charge in [0.25, 0.3) is 0 Å². The molecule has 0 spiro atoms. The van der Waals surface area contributed by atoms with Gasteiger partial charge in [-0.1, -0.05) is 30.3 Å². The fourth-order valence-electron chi connectivity index (χ4n) is 3.02. The van der Waals surface area contributed by atoms with Crippen LogP contribution in [0.1, 0.15) is 24.8 Å². The van der Waals surface area contributed by atoms with Gasteiger partial charge in [-0.25, -0.2) is 0 Å². The van der Waals surface area contributed by atoms with Gasteiger partial charge >= 0.3 is 5.97 Å². The van der Waals surface area contributed by atoms with E-state index in [1.807, 2.05) is 30.3 Å². The number of carbonyl (C=O) groups excluding carboxylic acids is 1. The molecular weight excluding hydrogens is 282 g/mol. The van der Waals surface area contributed by atoms with E-state index in [9.17, 15) is 14.7 Å². The molecule has 1 aromatic rings. The largest absolute Gasteiger partial charge is 0.480 e. The molecule has 0 aromatic heterocycles. The Bertz CT molecular complexity index is 553. The van der Waals surface area contributed by atoms with Crippen LogP contribution in [0.5, 0.6) is 0 Å². The van der Waals surface area contributed by atoms with Crippen molar-refractivity contribution in [2.45, 2.75) is 25.9 Å². The van der Waals surface area contributed by atoms with Crippen molar-refractivity contribution in [2.75, 3.05) is 19.7 Å². The summed E-state index contributed by atoms with van der Waals surface area (Å²) in [4.78, 5) is 25.2. The molecule has 3 rings (SSSR count). The lowest BCUT2D eigenvalue weighted by molar-refractivity contribution is -0.153. The average molecular weight is 303 g/mol. The minimum Gasteiger partial charge on any atom is -0.480 e. The Morgan fingerprint density at radius 3 is 2.64 bits per heavy atom. The number of aliphatic carboxylic acids is 1. The van der Waals surface area contributed by atoms with E-state index in [-0.39, 0.29) is 5.91 Å². The number of rotatable bonds is 6. The Morgan fingerprint density at radius 2 is 2.00 bits per heavy atom. The van der Waals surface area contributed by atoms with Gasteiger partial charge in [-0.2, -0.15) is 0 Å². The van der Waals surface area contributed by atoms with Crippen LogP contribution >= 0.6 is 0 Å². The third-order valence-corrected chi connectivity index (χ3v) is 4.61. The molecule has 1 heterocycles. The molecule has 1 atom stereocenters. The molecule has 5 nitrogen and oxygen atoms in total. The molecule has 5 heteroatoms. The molecule has 118 valence electrons. The van der Waals surface area contributed by atoms with Crippen molar-refractivity contribution in [3.8, 4) is 0 Å². The lowest BCUT2D eigenvalue weighted by atomic mass is 10.1. The molecule has 0 bridgehead atoms. The summed E-state index contributed by atoms with van der Waals surface area (Å²) in [6.07, 6.45) is 1.84. The number of benzene rings is 1. The van der Waals surface area contributed by atoms with Crippen LogP contribution in [0.15, 0.2) is 30.3 Å². The van der Waals surface area contributed by atoms with E-state index < -0.39 is 11.4 Å². The van der Waals surface area contributed by atoms with Crippen LogP contribution in [0.2, 0.25) is 0 Å². The van der Waals surface area contributed by atoms with Crippen molar-refractivity contribution in [3.05, 3.63) is 35.9 Å². The highest BCUT2D eigenvalue weighted by atomic mass is 16.5. The van der Waals surface area contributed by atoms with Gasteiger partial charge in [0.05, 0.1) is 13.2 Å². The topological polar surface area (TPSA) is 66.8 Å². The highest BCUT2D eigenvalue weighted by molar-refractivity contribution is 6.04. The van der Waals surface area contributed by atoms with Gasteiger partial charge in [0.15, 0.2) is 0 Å². The van der Waals surface area contributed by atoms with E-state index in [4.69, 9.17) is 4.74 Å². The average Bonchev–Trinajstić information content (AvgIpc) is 3.21. The Labute approximate surface area is 129 Å². The van der Waals surface area contributed by atoms with Crippen LogP contribution in [0.25, 0.3) is 0 Å². The minimum absolute atomic E-state index is 0.203. The molecule has 1 saturated heterocycles. The predicted molar refractivity (Wildman–Crippen MR) is 80.1 cm³/mol. The summed E-state index contributed by atoms with van der Waals surface area (Å²) in [5.41, 5.74) is 0.0241. The van der Waals surface area contributed by atoms with Crippen molar-refractivity contribution < 1.29 is 19.4 Å². The molecule has 1 unspecified atom stereocenters. The SMILES string of the molecule is O=C(O)C1(C(=O)N2CCC(COCc3ccccc3)C2)CC1. The minimum atomic E-state index is -1.11. The first-order valence-corrected chi connectivity index (χ1v) is 7.76. The van der Waals surface area contributed by atoms with Gasteiger partial charge in [0.2, 0.25) is 5.91 Å². The van der Waals surface area contributed by atoms with E-state index in [2.05, 4.69) is 0 Å². The molecule has 22 heavy (non-hydrogen) atoms. The second-order valence-corrected chi connectivity index (χ2v) is 6.29. The molecule has 2 fully saturated rings. The van der Waals surface area contributed by atoms with Crippen molar-refractivity contribution >= 4 is 11.9 Å². The quantitative estimate of drug-likeness (QED) is 0.815. The highest BCUT2D eigenvalue weighted by Gasteiger charge is 2.59. The molecule has 2 aliphatic rings. The zero-order chi connectivity index (χ0) is 15.6. The van der Waals surface area contributed by atoms with E-state index in [1.165, 1.54) is 0 Å². The fourth-order valence-corrected chi connectivity index (χ4v) is 3.02. The van der Waals surface area contributed by atoms with Crippen LogP contribution in [0, 0.1) is 11.3 Å². The first-order valence-electron chi connectivity index (χ1n) is 7.76. The monoisotopic (exact) mass is 303 g/mol. The summed E-state index contributed by atoms with van der Waals surface area (Å²) >= 11 is 0. The van der Waals surface area contributed by atoms with Crippen LogP contribution in [-0.2, 0) is 20.9 Å². The van der Waals surface area contributed by atoms with E-state index >= 15 is 0 Å². The third kappa shape index (κ3) is 2.99. The summed E-state index contributed by atoms with van der Waals surface area (Å²) < 4.78 is 5.73. The first kappa shape index (κ1) is 15.0. The molecule has 0 radical (unpaired) electrons. The van der Waals surface area contributed by atoms with Crippen molar-refractivity contribution in [1.29, 1.82) is 0 Å². The van der Waals surface area contributed by atoms with Gasteiger partial charge in [0, 0.05) is 19.0 Å².